The number of rotatable bonds is 7. The van der Waals surface area contributed by atoms with Gasteiger partial charge in [0.05, 0.1) is 12.7 Å². The number of carboxylic acid groups (broad SMARTS) is 1. The van der Waals surface area contributed by atoms with Crippen molar-refractivity contribution < 1.29 is 44.9 Å². The first kappa shape index (κ1) is 19.6. The molecule has 0 saturated carbocycles. The molecule has 0 spiro atoms. The van der Waals surface area contributed by atoms with Gasteiger partial charge in [-0.25, -0.2) is 0 Å². The Kier molecular flexibility index (Phi) is 6.71. The second kappa shape index (κ2) is 8.56. The molecule has 0 radical (unpaired) electrons. The molecule has 0 bridgehead atoms. The molecule has 140 valence electrons. The van der Waals surface area contributed by atoms with Crippen LogP contribution in [-0.4, -0.2) is 73.9 Å². The Bertz CT molecular complexity index is 576. The molecule has 9 heteroatoms. The molecule has 0 amide bonds. The van der Waals surface area contributed by atoms with Crippen molar-refractivity contribution in [1.82, 2.24) is 0 Å². The number of benzene rings is 1. The van der Waals surface area contributed by atoms with Gasteiger partial charge in [-0.1, -0.05) is 12.1 Å². The summed E-state index contributed by atoms with van der Waals surface area (Å²) in [6, 6.07) is 5.98. The summed E-state index contributed by atoms with van der Waals surface area (Å²) in [6.45, 7) is -0.600. The van der Waals surface area contributed by atoms with E-state index in [0.717, 1.165) is 0 Å². The smallest absolute Gasteiger partial charge is 0.303 e. The van der Waals surface area contributed by atoms with Crippen LogP contribution in [0.2, 0.25) is 0 Å². The SMILES string of the molecule is O=C(O)CC[C@H](O[C@@H]1O[C@H](CO)[C@@H](O)[C@H](O)[C@H]1O)c1cccc(O)c1. The Balaban J connectivity index is 2.18. The lowest BCUT2D eigenvalue weighted by atomic mass is 9.98. The average molecular weight is 358 g/mol. The van der Waals surface area contributed by atoms with E-state index >= 15 is 0 Å². The molecule has 9 nitrogen and oxygen atoms in total. The zero-order valence-corrected chi connectivity index (χ0v) is 13.3. The maximum Gasteiger partial charge on any atom is 0.303 e. The molecule has 1 fully saturated rings. The Morgan fingerprint density at radius 1 is 1.20 bits per heavy atom. The number of carbonyl (C=O) groups is 1. The molecule has 2 rings (SSSR count). The van der Waals surface area contributed by atoms with Gasteiger partial charge in [0.2, 0.25) is 0 Å². The van der Waals surface area contributed by atoms with Crippen LogP contribution < -0.4 is 0 Å². The van der Waals surface area contributed by atoms with Crippen molar-refractivity contribution in [1.29, 1.82) is 0 Å². The quantitative estimate of drug-likeness (QED) is 0.364. The number of aliphatic carboxylic acids is 1. The van der Waals surface area contributed by atoms with Crippen molar-refractivity contribution >= 4 is 5.97 Å². The van der Waals surface area contributed by atoms with Gasteiger partial charge in [-0.05, 0) is 24.1 Å². The number of carboxylic acids is 1. The molecule has 0 aliphatic carbocycles. The van der Waals surface area contributed by atoms with Gasteiger partial charge in [-0.3, -0.25) is 4.79 Å². The standard InChI is InChI=1S/C16H22O9/c17-7-11-13(21)14(22)15(23)16(25-11)24-10(4-5-12(19)20)8-2-1-3-9(18)6-8/h1-3,6,10-11,13-18,21-23H,4-5,7H2,(H,19,20)/t10-,11+,13+,14-,15+,16+/m0/s1. The summed E-state index contributed by atoms with van der Waals surface area (Å²) in [5.41, 5.74) is 0.457. The molecule has 6 atom stereocenters. The van der Waals surface area contributed by atoms with Crippen LogP contribution in [0, 0.1) is 0 Å². The first-order valence-corrected chi connectivity index (χ1v) is 7.80. The summed E-state index contributed by atoms with van der Waals surface area (Å²) >= 11 is 0. The Morgan fingerprint density at radius 2 is 1.92 bits per heavy atom. The zero-order valence-electron chi connectivity index (χ0n) is 13.3. The van der Waals surface area contributed by atoms with Crippen LogP contribution >= 0.6 is 0 Å². The number of aromatic hydroxyl groups is 1. The van der Waals surface area contributed by atoms with Gasteiger partial charge >= 0.3 is 5.97 Å². The third-order valence-electron chi connectivity index (χ3n) is 4.01. The first-order chi connectivity index (χ1) is 11.8. The molecular formula is C16H22O9. The van der Waals surface area contributed by atoms with Crippen LogP contribution in [0.1, 0.15) is 24.5 Å². The van der Waals surface area contributed by atoms with Crippen LogP contribution in [0.4, 0.5) is 0 Å². The van der Waals surface area contributed by atoms with Crippen LogP contribution in [0.25, 0.3) is 0 Å². The minimum atomic E-state index is -1.60. The summed E-state index contributed by atoms with van der Waals surface area (Å²) < 4.78 is 10.9. The highest BCUT2D eigenvalue weighted by Crippen LogP contribution is 2.31. The number of hydrogen-bond acceptors (Lipinski definition) is 8. The molecule has 6 N–H and O–H groups in total. The second-order valence-electron chi connectivity index (χ2n) is 5.85. The van der Waals surface area contributed by atoms with Crippen molar-refractivity contribution in [2.24, 2.45) is 0 Å². The maximum absolute atomic E-state index is 10.9. The minimum Gasteiger partial charge on any atom is -0.508 e. The Morgan fingerprint density at radius 3 is 2.52 bits per heavy atom. The van der Waals surface area contributed by atoms with E-state index in [1.807, 2.05) is 0 Å². The fraction of sp³-hybridized carbons (Fsp3) is 0.562. The average Bonchev–Trinajstić information content (AvgIpc) is 2.58. The number of ether oxygens (including phenoxy) is 2. The summed E-state index contributed by atoms with van der Waals surface area (Å²) in [7, 11) is 0. The maximum atomic E-state index is 10.9. The molecular weight excluding hydrogens is 336 g/mol. The first-order valence-electron chi connectivity index (χ1n) is 7.80. The van der Waals surface area contributed by atoms with E-state index in [-0.39, 0.29) is 18.6 Å². The monoisotopic (exact) mass is 358 g/mol. The van der Waals surface area contributed by atoms with Crippen molar-refractivity contribution in [3.8, 4) is 5.75 Å². The number of phenols is 1. The fourth-order valence-electron chi connectivity index (χ4n) is 2.63. The molecule has 1 heterocycles. The van der Waals surface area contributed by atoms with Gasteiger partial charge in [-0.15, -0.1) is 0 Å². The van der Waals surface area contributed by atoms with Crippen LogP contribution in [-0.2, 0) is 14.3 Å². The number of aliphatic hydroxyl groups is 4. The number of aliphatic hydroxyl groups excluding tert-OH is 4. The van der Waals surface area contributed by atoms with Crippen molar-refractivity contribution in [3.63, 3.8) is 0 Å². The predicted molar refractivity (Wildman–Crippen MR) is 82.6 cm³/mol. The number of hydrogen-bond donors (Lipinski definition) is 6. The topological polar surface area (TPSA) is 157 Å². The molecule has 1 aliphatic heterocycles. The molecule has 1 aromatic rings. The van der Waals surface area contributed by atoms with Gasteiger partial charge in [-0.2, -0.15) is 0 Å². The second-order valence-corrected chi connectivity index (χ2v) is 5.85. The zero-order chi connectivity index (χ0) is 18.6. The van der Waals surface area contributed by atoms with Crippen molar-refractivity contribution in [3.05, 3.63) is 29.8 Å². The lowest BCUT2D eigenvalue weighted by Gasteiger charge is -2.40. The predicted octanol–water partition coefficient (Wildman–Crippen LogP) is -0.885. The van der Waals surface area contributed by atoms with Crippen molar-refractivity contribution in [2.75, 3.05) is 6.61 Å². The van der Waals surface area contributed by atoms with Gasteiger partial charge in [0.15, 0.2) is 6.29 Å². The van der Waals surface area contributed by atoms with Crippen LogP contribution in [0.3, 0.4) is 0 Å². The lowest BCUT2D eigenvalue weighted by molar-refractivity contribution is -0.313. The fourth-order valence-corrected chi connectivity index (χ4v) is 2.63. The third kappa shape index (κ3) is 4.88. The summed E-state index contributed by atoms with van der Waals surface area (Å²) in [6.07, 6.45) is -8.30. The van der Waals surface area contributed by atoms with Crippen LogP contribution in [0.15, 0.2) is 24.3 Å². The Hall–Kier alpha value is -1.75. The Labute approximate surface area is 143 Å². The van der Waals surface area contributed by atoms with E-state index in [1.165, 1.54) is 12.1 Å². The van der Waals surface area contributed by atoms with Gasteiger partial charge in [0, 0.05) is 6.42 Å². The normalized spacial score (nSPS) is 30.8. The summed E-state index contributed by atoms with van der Waals surface area (Å²) in [5, 5.41) is 57.3. The molecule has 25 heavy (non-hydrogen) atoms. The summed E-state index contributed by atoms with van der Waals surface area (Å²) in [4.78, 5) is 10.9. The van der Waals surface area contributed by atoms with Crippen molar-refractivity contribution in [2.45, 2.75) is 49.7 Å². The van der Waals surface area contributed by atoms with E-state index in [2.05, 4.69) is 0 Å². The van der Waals surface area contributed by atoms with E-state index in [4.69, 9.17) is 14.6 Å². The molecule has 1 saturated heterocycles. The highest BCUT2D eigenvalue weighted by Gasteiger charge is 2.44. The lowest BCUT2D eigenvalue weighted by Crippen LogP contribution is -2.59. The number of phenolic OH excluding ortho intramolecular Hbond substituents is 1. The molecule has 1 aromatic carbocycles. The van der Waals surface area contributed by atoms with E-state index in [1.54, 1.807) is 12.1 Å². The van der Waals surface area contributed by atoms with Gasteiger partial charge in [0.25, 0.3) is 0 Å². The van der Waals surface area contributed by atoms with E-state index in [0.29, 0.717) is 5.56 Å². The molecule has 0 aromatic heterocycles. The van der Waals surface area contributed by atoms with E-state index < -0.39 is 49.4 Å². The largest absolute Gasteiger partial charge is 0.508 e. The molecule has 1 aliphatic rings. The highest BCUT2D eigenvalue weighted by atomic mass is 16.7. The van der Waals surface area contributed by atoms with Gasteiger partial charge < -0.3 is 40.1 Å². The van der Waals surface area contributed by atoms with Gasteiger partial charge in [0.1, 0.15) is 30.2 Å². The third-order valence-corrected chi connectivity index (χ3v) is 4.01. The summed E-state index contributed by atoms with van der Waals surface area (Å²) in [5.74, 6) is -1.10. The van der Waals surface area contributed by atoms with E-state index in [9.17, 15) is 30.3 Å². The highest BCUT2D eigenvalue weighted by molar-refractivity contribution is 5.66. The van der Waals surface area contributed by atoms with Crippen LogP contribution in [0.5, 0.6) is 5.75 Å². The molecule has 0 unspecified atom stereocenters. The minimum absolute atomic E-state index is 0.0216.